The minimum Gasteiger partial charge on any atom is -0.444 e. The molecule has 0 aliphatic rings. The monoisotopic (exact) mass is 270 g/mol. The van der Waals surface area contributed by atoms with Gasteiger partial charge in [-0.15, -0.1) is 10.2 Å². The van der Waals surface area contributed by atoms with E-state index < -0.39 is 11.7 Å². The van der Waals surface area contributed by atoms with Gasteiger partial charge in [0.2, 0.25) is 0 Å². The number of aromatic nitrogens is 4. The van der Waals surface area contributed by atoms with Crippen molar-refractivity contribution in [2.24, 2.45) is 5.73 Å². The van der Waals surface area contributed by atoms with Crippen LogP contribution in [-0.2, 0) is 4.74 Å². The maximum Gasteiger partial charge on any atom is 0.407 e. The Labute approximate surface area is 112 Å². The lowest BCUT2D eigenvalue weighted by molar-refractivity contribution is 0.0527. The first-order valence-electron chi connectivity index (χ1n) is 6.34. The normalized spacial score (nSPS) is 13.1. The fourth-order valence-corrected chi connectivity index (χ4v) is 1.45. The van der Waals surface area contributed by atoms with Crippen LogP contribution in [-0.4, -0.2) is 38.9 Å². The van der Waals surface area contributed by atoms with E-state index in [1.165, 1.54) is 0 Å². The van der Waals surface area contributed by atoms with Crippen molar-refractivity contribution in [3.63, 3.8) is 0 Å². The predicted molar refractivity (Wildman–Crippen MR) is 69.2 cm³/mol. The van der Waals surface area contributed by atoms with Gasteiger partial charge in [-0.25, -0.2) is 4.79 Å². The van der Waals surface area contributed by atoms with Gasteiger partial charge in [0.05, 0.1) is 6.04 Å². The van der Waals surface area contributed by atoms with Crippen LogP contribution in [0.1, 0.15) is 51.9 Å². The average Bonchev–Trinajstić information content (AvgIpc) is 2.79. The van der Waals surface area contributed by atoms with Gasteiger partial charge >= 0.3 is 6.09 Å². The minimum absolute atomic E-state index is 0.222. The molecule has 8 heteroatoms. The molecule has 4 N–H and O–H groups in total. The maximum absolute atomic E-state index is 11.4. The lowest BCUT2D eigenvalue weighted by Crippen LogP contribution is -2.33. The van der Waals surface area contributed by atoms with Crippen LogP contribution in [0.25, 0.3) is 0 Å². The zero-order chi connectivity index (χ0) is 14.3. The number of nitrogens with two attached hydrogens (primary N) is 1. The number of aromatic amines is 1. The Balaban J connectivity index is 2.07. The highest BCUT2D eigenvalue weighted by Gasteiger charge is 2.15. The molecule has 1 amide bonds. The van der Waals surface area contributed by atoms with Crippen LogP contribution in [0.4, 0.5) is 4.79 Å². The third-order valence-corrected chi connectivity index (χ3v) is 2.30. The van der Waals surface area contributed by atoms with E-state index in [0.717, 1.165) is 19.3 Å². The van der Waals surface area contributed by atoms with Gasteiger partial charge in [0.15, 0.2) is 5.82 Å². The number of carbonyl (C=O) groups is 1. The van der Waals surface area contributed by atoms with E-state index in [0.29, 0.717) is 12.4 Å². The fourth-order valence-electron chi connectivity index (χ4n) is 1.45. The van der Waals surface area contributed by atoms with Crippen molar-refractivity contribution >= 4 is 6.09 Å². The molecule has 0 bridgehead atoms. The first-order chi connectivity index (χ1) is 8.88. The number of rotatable bonds is 6. The average molecular weight is 270 g/mol. The van der Waals surface area contributed by atoms with Crippen molar-refractivity contribution in [2.75, 3.05) is 6.54 Å². The van der Waals surface area contributed by atoms with Gasteiger partial charge in [0.1, 0.15) is 5.60 Å². The summed E-state index contributed by atoms with van der Waals surface area (Å²) in [5, 5.41) is 16.2. The number of tetrazole rings is 1. The SMILES string of the molecule is CC(C)(C)OC(=O)NCCCC[C@H](N)c1nn[nH]n1. The number of unbranched alkanes of at least 4 members (excludes halogenated alkanes) is 1. The molecule has 19 heavy (non-hydrogen) atoms. The van der Waals surface area contributed by atoms with Crippen molar-refractivity contribution in [3.05, 3.63) is 5.82 Å². The Morgan fingerprint density at radius 2 is 2.21 bits per heavy atom. The van der Waals surface area contributed by atoms with Gasteiger partial charge in [0, 0.05) is 6.54 Å². The number of ether oxygens (including phenoxy) is 1. The summed E-state index contributed by atoms with van der Waals surface area (Å²) in [4.78, 5) is 11.4. The molecular weight excluding hydrogens is 248 g/mol. The second-order valence-electron chi connectivity index (χ2n) is 5.30. The lowest BCUT2D eigenvalue weighted by atomic mass is 10.1. The maximum atomic E-state index is 11.4. The molecule has 0 fully saturated rings. The van der Waals surface area contributed by atoms with Crippen LogP contribution >= 0.6 is 0 Å². The van der Waals surface area contributed by atoms with E-state index in [9.17, 15) is 4.79 Å². The second kappa shape index (κ2) is 7.03. The summed E-state index contributed by atoms with van der Waals surface area (Å²) < 4.78 is 5.12. The molecule has 0 saturated heterocycles. The predicted octanol–water partition coefficient (Wildman–Crippen LogP) is 0.894. The van der Waals surface area contributed by atoms with Gasteiger partial charge in [-0.2, -0.15) is 5.21 Å². The molecule has 0 aromatic carbocycles. The molecule has 0 aliphatic heterocycles. The molecule has 1 atom stereocenters. The molecule has 1 rings (SSSR count). The summed E-state index contributed by atoms with van der Waals surface area (Å²) in [6.07, 6.45) is 2.04. The van der Waals surface area contributed by atoms with E-state index in [2.05, 4.69) is 25.9 Å². The van der Waals surface area contributed by atoms with Crippen LogP contribution in [0.3, 0.4) is 0 Å². The van der Waals surface area contributed by atoms with Crippen molar-refractivity contribution in [2.45, 2.75) is 51.7 Å². The van der Waals surface area contributed by atoms with Crippen LogP contribution in [0.5, 0.6) is 0 Å². The van der Waals surface area contributed by atoms with E-state index in [1.807, 2.05) is 20.8 Å². The van der Waals surface area contributed by atoms with Crippen LogP contribution < -0.4 is 11.1 Å². The van der Waals surface area contributed by atoms with Crippen LogP contribution in [0.15, 0.2) is 0 Å². The number of hydrogen-bond acceptors (Lipinski definition) is 6. The van der Waals surface area contributed by atoms with Crippen molar-refractivity contribution < 1.29 is 9.53 Å². The molecule has 108 valence electrons. The van der Waals surface area contributed by atoms with Crippen LogP contribution in [0.2, 0.25) is 0 Å². The Morgan fingerprint density at radius 1 is 1.47 bits per heavy atom. The van der Waals surface area contributed by atoms with Gasteiger partial charge in [0.25, 0.3) is 0 Å². The van der Waals surface area contributed by atoms with E-state index in [4.69, 9.17) is 10.5 Å². The highest BCUT2D eigenvalue weighted by molar-refractivity contribution is 5.67. The summed E-state index contributed by atoms with van der Waals surface area (Å²) >= 11 is 0. The third kappa shape index (κ3) is 6.70. The number of carbonyl (C=O) groups excluding carboxylic acids is 1. The highest BCUT2D eigenvalue weighted by atomic mass is 16.6. The molecule has 1 aromatic rings. The number of alkyl carbamates (subject to hydrolysis) is 1. The Bertz CT molecular complexity index is 373. The van der Waals surface area contributed by atoms with Crippen LogP contribution in [0, 0.1) is 0 Å². The lowest BCUT2D eigenvalue weighted by Gasteiger charge is -2.19. The summed E-state index contributed by atoms with van der Waals surface area (Å²) in [6.45, 7) is 6.05. The quantitative estimate of drug-likeness (QED) is 0.661. The first kappa shape index (κ1) is 15.4. The van der Waals surface area contributed by atoms with Crippen molar-refractivity contribution in [1.29, 1.82) is 0 Å². The number of nitrogens with zero attached hydrogens (tertiary/aromatic N) is 3. The molecule has 1 heterocycles. The Kier molecular flexibility index (Phi) is 5.68. The highest BCUT2D eigenvalue weighted by Crippen LogP contribution is 2.11. The minimum atomic E-state index is -0.467. The number of amides is 1. The van der Waals surface area contributed by atoms with Gasteiger partial charge in [-0.1, -0.05) is 5.21 Å². The number of H-pyrrole nitrogens is 1. The number of nitrogens with one attached hydrogen (secondary N) is 2. The van der Waals surface area contributed by atoms with Gasteiger partial charge in [-0.05, 0) is 40.0 Å². The molecular formula is C11H22N6O2. The van der Waals surface area contributed by atoms with Gasteiger partial charge in [-0.3, -0.25) is 0 Å². The molecule has 8 nitrogen and oxygen atoms in total. The van der Waals surface area contributed by atoms with Gasteiger partial charge < -0.3 is 15.8 Å². The summed E-state index contributed by atoms with van der Waals surface area (Å²) in [5.41, 5.74) is 5.40. The second-order valence-corrected chi connectivity index (χ2v) is 5.30. The molecule has 0 unspecified atom stereocenters. The first-order valence-corrected chi connectivity index (χ1v) is 6.34. The molecule has 1 aromatic heterocycles. The van der Waals surface area contributed by atoms with Crippen molar-refractivity contribution in [3.8, 4) is 0 Å². The fraction of sp³-hybridized carbons (Fsp3) is 0.818. The Hall–Kier alpha value is -1.70. The molecule has 0 radical (unpaired) electrons. The third-order valence-electron chi connectivity index (χ3n) is 2.30. The zero-order valence-corrected chi connectivity index (χ0v) is 11.6. The molecule has 0 spiro atoms. The zero-order valence-electron chi connectivity index (χ0n) is 11.6. The summed E-state index contributed by atoms with van der Waals surface area (Å²) in [7, 11) is 0. The van der Waals surface area contributed by atoms with Crippen molar-refractivity contribution in [1.82, 2.24) is 25.9 Å². The topological polar surface area (TPSA) is 119 Å². The summed E-state index contributed by atoms with van der Waals surface area (Å²) in [5.74, 6) is 0.514. The van der Waals surface area contributed by atoms with E-state index >= 15 is 0 Å². The van der Waals surface area contributed by atoms with E-state index in [-0.39, 0.29) is 6.04 Å². The smallest absolute Gasteiger partial charge is 0.407 e. The molecule has 0 saturated carbocycles. The Morgan fingerprint density at radius 3 is 2.79 bits per heavy atom. The standard InChI is InChI=1S/C11H22N6O2/c1-11(2,3)19-10(18)13-7-5-4-6-8(12)9-14-16-17-15-9/h8H,4-7,12H2,1-3H3,(H,13,18)(H,14,15,16,17)/t8-/m0/s1. The summed E-state index contributed by atoms with van der Waals surface area (Å²) in [6, 6.07) is -0.222. The van der Waals surface area contributed by atoms with E-state index in [1.54, 1.807) is 0 Å². The number of hydrogen-bond donors (Lipinski definition) is 3. The molecule has 0 aliphatic carbocycles. The largest absolute Gasteiger partial charge is 0.444 e.